The number of unbranched alkanes of at least 4 members (excludes halogenated alkanes) is 1. The number of carboxylic acids is 1. The molecule has 1 heterocycles. The van der Waals surface area contributed by atoms with Crippen LogP contribution < -0.4 is 0 Å². The zero-order valence-electron chi connectivity index (χ0n) is 10.1. The highest BCUT2D eigenvalue weighted by Crippen LogP contribution is 2.17. The molecule has 0 saturated heterocycles. The Bertz CT molecular complexity index is 506. The van der Waals surface area contributed by atoms with Crippen LogP contribution in [0.3, 0.4) is 0 Å². The third-order valence-corrected chi connectivity index (χ3v) is 2.77. The number of nitrogens with zero attached hydrogens (tertiary/aromatic N) is 2. The Balaban J connectivity index is 1.89. The number of aliphatic carboxylic acids is 1. The first-order valence-corrected chi connectivity index (χ1v) is 6.05. The van der Waals surface area contributed by atoms with Gasteiger partial charge in [0.2, 0.25) is 0 Å². The van der Waals surface area contributed by atoms with E-state index in [1.54, 1.807) is 0 Å². The van der Waals surface area contributed by atoms with E-state index in [0.29, 0.717) is 6.42 Å². The normalized spacial score (nSPS) is 10.4. The molecule has 0 spiro atoms. The first-order chi connectivity index (χ1) is 8.75. The summed E-state index contributed by atoms with van der Waals surface area (Å²) in [5, 5.41) is 12.8. The molecule has 0 saturated carbocycles. The Hall–Kier alpha value is -2.10. The highest BCUT2D eigenvalue weighted by Gasteiger charge is 2.01. The number of hydrogen-bond acceptors (Lipinski definition) is 2. The van der Waals surface area contributed by atoms with Gasteiger partial charge in [-0.05, 0) is 18.4 Å². The Morgan fingerprint density at radius 3 is 2.67 bits per heavy atom. The van der Waals surface area contributed by atoms with Gasteiger partial charge in [-0.15, -0.1) is 0 Å². The predicted molar refractivity (Wildman–Crippen MR) is 69.1 cm³/mol. The fourth-order valence-corrected chi connectivity index (χ4v) is 1.82. The molecular formula is C14H16N2O2. The number of aromatic nitrogens is 2. The number of benzene rings is 1. The number of hydrogen-bond donors (Lipinski definition) is 1. The quantitative estimate of drug-likeness (QED) is 0.795. The summed E-state index contributed by atoms with van der Waals surface area (Å²) in [4.78, 5) is 10.4. The lowest BCUT2D eigenvalue weighted by molar-refractivity contribution is -0.137. The van der Waals surface area contributed by atoms with Crippen molar-refractivity contribution in [3.63, 3.8) is 0 Å². The van der Waals surface area contributed by atoms with Crippen LogP contribution in [0.2, 0.25) is 0 Å². The highest BCUT2D eigenvalue weighted by molar-refractivity contribution is 5.66. The van der Waals surface area contributed by atoms with Crippen molar-refractivity contribution in [2.24, 2.45) is 0 Å². The van der Waals surface area contributed by atoms with E-state index in [0.717, 1.165) is 24.1 Å². The van der Waals surface area contributed by atoms with E-state index in [2.05, 4.69) is 5.10 Å². The molecule has 1 N–H and O–H groups in total. The Kier molecular flexibility index (Phi) is 4.12. The number of carbonyl (C=O) groups is 1. The van der Waals surface area contributed by atoms with Gasteiger partial charge in [-0.1, -0.05) is 30.3 Å². The van der Waals surface area contributed by atoms with Gasteiger partial charge in [-0.25, -0.2) is 0 Å². The van der Waals surface area contributed by atoms with E-state index in [9.17, 15) is 4.79 Å². The molecule has 0 atom stereocenters. The molecule has 0 unspecified atom stereocenters. The van der Waals surface area contributed by atoms with Gasteiger partial charge in [0.05, 0.1) is 6.20 Å². The second-order valence-corrected chi connectivity index (χ2v) is 4.21. The SMILES string of the molecule is O=C(O)CCCCn1cc(-c2ccccc2)cn1. The van der Waals surface area contributed by atoms with Crippen LogP contribution in [0.15, 0.2) is 42.7 Å². The van der Waals surface area contributed by atoms with Crippen molar-refractivity contribution in [1.82, 2.24) is 9.78 Å². The van der Waals surface area contributed by atoms with Crippen molar-refractivity contribution in [3.05, 3.63) is 42.7 Å². The van der Waals surface area contributed by atoms with Gasteiger partial charge >= 0.3 is 5.97 Å². The molecule has 18 heavy (non-hydrogen) atoms. The molecular weight excluding hydrogens is 228 g/mol. The summed E-state index contributed by atoms with van der Waals surface area (Å²) in [6.45, 7) is 0.764. The predicted octanol–water partition coefficient (Wildman–Crippen LogP) is 2.81. The molecule has 0 aliphatic rings. The molecule has 0 aliphatic carbocycles. The maximum absolute atomic E-state index is 10.4. The zero-order valence-corrected chi connectivity index (χ0v) is 10.1. The summed E-state index contributed by atoms with van der Waals surface area (Å²) in [6, 6.07) is 10.1. The van der Waals surface area contributed by atoms with E-state index in [1.807, 2.05) is 47.4 Å². The molecule has 4 nitrogen and oxygen atoms in total. The topological polar surface area (TPSA) is 55.1 Å². The van der Waals surface area contributed by atoms with Gasteiger partial charge in [0, 0.05) is 24.7 Å². The second-order valence-electron chi connectivity index (χ2n) is 4.21. The summed E-state index contributed by atoms with van der Waals surface area (Å²) in [5.74, 6) is -0.736. The molecule has 1 aromatic heterocycles. The highest BCUT2D eigenvalue weighted by atomic mass is 16.4. The van der Waals surface area contributed by atoms with Gasteiger partial charge in [0.1, 0.15) is 0 Å². The Morgan fingerprint density at radius 1 is 1.17 bits per heavy atom. The molecule has 2 aromatic rings. The van der Waals surface area contributed by atoms with Crippen molar-refractivity contribution in [2.45, 2.75) is 25.8 Å². The first kappa shape index (κ1) is 12.4. The minimum Gasteiger partial charge on any atom is -0.481 e. The third kappa shape index (κ3) is 3.45. The molecule has 4 heteroatoms. The number of carboxylic acid groups (broad SMARTS) is 1. The van der Waals surface area contributed by atoms with E-state index in [1.165, 1.54) is 0 Å². The number of rotatable bonds is 6. The second kappa shape index (κ2) is 6.00. The smallest absolute Gasteiger partial charge is 0.303 e. The molecule has 94 valence electrons. The van der Waals surface area contributed by atoms with E-state index >= 15 is 0 Å². The third-order valence-electron chi connectivity index (χ3n) is 2.77. The van der Waals surface area contributed by atoms with Crippen LogP contribution >= 0.6 is 0 Å². The molecule has 0 aliphatic heterocycles. The summed E-state index contributed by atoms with van der Waals surface area (Å²) in [7, 11) is 0. The van der Waals surface area contributed by atoms with Crippen molar-refractivity contribution < 1.29 is 9.90 Å². The van der Waals surface area contributed by atoms with Gasteiger partial charge in [0.25, 0.3) is 0 Å². The van der Waals surface area contributed by atoms with Crippen molar-refractivity contribution in [3.8, 4) is 11.1 Å². The average molecular weight is 244 g/mol. The van der Waals surface area contributed by atoms with Crippen molar-refractivity contribution in [1.29, 1.82) is 0 Å². The summed E-state index contributed by atoms with van der Waals surface area (Å²) in [6.07, 6.45) is 5.59. The number of aryl methyl sites for hydroxylation is 1. The maximum atomic E-state index is 10.4. The van der Waals surface area contributed by atoms with Crippen LogP contribution in [0.25, 0.3) is 11.1 Å². The van der Waals surface area contributed by atoms with E-state index in [-0.39, 0.29) is 6.42 Å². The van der Waals surface area contributed by atoms with Gasteiger partial charge in [0.15, 0.2) is 0 Å². The van der Waals surface area contributed by atoms with Gasteiger partial charge < -0.3 is 5.11 Å². The fraction of sp³-hybridized carbons (Fsp3) is 0.286. The summed E-state index contributed by atoms with van der Waals surface area (Å²) < 4.78 is 1.87. The summed E-state index contributed by atoms with van der Waals surface area (Å²) >= 11 is 0. The van der Waals surface area contributed by atoms with Crippen LogP contribution in [0.5, 0.6) is 0 Å². The standard InChI is InChI=1S/C14H16N2O2/c17-14(18)8-4-5-9-16-11-13(10-15-16)12-6-2-1-3-7-12/h1-3,6-7,10-11H,4-5,8-9H2,(H,17,18). The molecule has 1 aromatic carbocycles. The van der Waals surface area contributed by atoms with Gasteiger partial charge in [-0.3, -0.25) is 9.48 Å². The maximum Gasteiger partial charge on any atom is 0.303 e. The average Bonchev–Trinajstić information content (AvgIpc) is 2.84. The molecule has 2 rings (SSSR count). The molecule has 0 fully saturated rings. The van der Waals surface area contributed by atoms with E-state index in [4.69, 9.17) is 5.11 Å². The first-order valence-electron chi connectivity index (χ1n) is 6.05. The molecule has 0 amide bonds. The minimum absolute atomic E-state index is 0.229. The minimum atomic E-state index is -0.736. The monoisotopic (exact) mass is 244 g/mol. The largest absolute Gasteiger partial charge is 0.481 e. The summed E-state index contributed by atoms with van der Waals surface area (Å²) in [5.41, 5.74) is 2.24. The van der Waals surface area contributed by atoms with Gasteiger partial charge in [-0.2, -0.15) is 5.10 Å². The van der Waals surface area contributed by atoms with E-state index < -0.39 is 5.97 Å². The van der Waals surface area contributed by atoms with Crippen LogP contribution in [0.4, 0.5) is 0 Å². The lowest BCUT2D eigenvalue weighted by Gasteiger charge is -1.99. The fourth-order valence-electron chi connectivity index (χ4n) is 1.82. The van der Waals surface area contributed by atoms with Crippen LogP contribution in [-0.2, 0) is 11.3 Å². The zero-order chi connectivity index (χ0) is 12.8. The lowest BCUT2D eigenvalue weighted by atomic mass is 10.1. The van der Waals surface area contributed by atoms with Crippen LogP contribution in [0.1, 0.15) is 19.3 Å². The Morgan fingerprint density at radius 2 is 1.94 bits per heavy atom. The van der Waals surface area contributed by atoms with Crippen LogP contribution in [-0.4, -0.2) is 20.9 Å². The molecule has 0 bridgehead atoms. The van der Waals surface area contributed by atoms with Crippen molar-refractivity contribution in [2.75, 3.05) is 0 Å². The lowest BCUT2D eigenvalue weighted by Crippen LogP contribution is -2.00. The molecule has 0 radical (unpaired) electrons. The van der Waals surface area contributed by atoms with Crippen molar-refractivity contribution >= 4 is 5.97 Å². The Labute approximate surface area is 106 Å². The van der Waals surface area contributed by atoms with Crippen LogP contribution in [0, 0.1) is 0 Å².